The lowest BCUT2D eigenvalue weighted by Gasteiger charge is -2.18. The SMILES string of the molecule is CC(=O)O[C@H]1CO[C@H]2[C@@H]1OC[C@@H]2Oc1ccc(N)cc1Cl.CC(=O)O[C@H]1CO[C@H]2[C@@H]1OC[C@@H]2Oc1ccc([N+](=O)[O-])cc1Cl. The Morgan fingerprint density at radius 2 is 1.16 bits per heavy atom. The molecule has 4 aliphatic heterocycles. The molecular formula is C28H30Cl2N2O12. The third-order valence-electron chi connectivity index (χ3n) is 7.20. The van der Waals surface area contributed by atoms with Crippen LogP contribution in [0.15, 0.2) is 36.4 Å². The molecule has 44 heavy (non-hydrogen) atoms. The van der Waals surface area contributed by atoms with E-state index in [1.807, 2.05) is 0 Å². The first-order valence-electron chi connectivity index (χ1n) is 13.6. The Labute approximate surface area is 261 Å². The van der Waals surface area contributed by atoms with Crippen LogP contribution in [0.5, 0.6) is 11.5 Å². The van der Waals surface area contributed by atoms with Gasteiger partial charge in [0.2, 0.25) is 0 Å². The first-order valence-corrected chi connectivity index (χ1v) is 14.4. The van der Waals surface area contributed by atoms with Crippen molar-refractivity contribution in [2.75, 3.05) is 32.2 Å². The molecule has 0 bridgehead atoms. The Morgan fingerprint density at radius 1 is 0.750 bits per heavy atom. The summed E-state index contributed by atoms with van der Waals surface area (Å²) in [4.78, 5) is 32.3. The van der Waals surface area contributed by atoms with Gasteiger partial charge in [-0.3, -0.25) is 19.7 Å². The minimum Gasteiger partial charge on any atom is -0.484 e. The minimum absolute atomic E-state index is 0.116. The second kappa shape index (κ2) is 13.7. The molecule has 8 atom stereocenters. The maximum absolute atomic E-state index is 11.1. The van der Waals surface area contributed by atoms with Gasteiger partial charge in [0.05, 0.1) is 41.4 Å². The molecule has 14 nitrogen and oxygen atoms in total. The smallest absolute Gasteiger partial charge is 0.303 e. The first kappa shape index (κ1) is 32.0. The van der Waals surface area contributed by atoms with Gasteiger partial charge >= 0.3 is 11.9 Å². The summed E-state index contributed by atoms with van der Waals surface area (Å²) in [5.41, 5.74) is 6.10. The molecule has 0 unspecified atom stereocenters. The van der Waals surface area contributed by atoms with Crippen LogP contribution in [0.4, 0.5) is 11.4 Å². The summed E-state index contributed by atoms with van der Waals surface area (Å²) in [6, 6.07) is 9.02. The van der Waals surface area contributed by atoms with E-state index in [0.29, 0.717) is 35.4 Å². The van der Waals surface area contributed by atoms with E-state index in [4.69, 9.17) is 66.8 Å². The van der Waals surface area contributed by atoms with Crippen molar-refractivity contribution >= 4 is 46.5 Å². The molecule has 16 heteroatoms. The molecule has 0 aromatic heterocycles. The fourth-order valence-electron chi connectivity index (χ4n) is 5.33. The van der Waals surface area contributed by atoms with Gasteiger partial charge in [0, 0.05) is 31.7 Å². The largest absolute Gasteiger partial charge is 0.484 e. The average Bonchev–Trinajstić information content (AvgIpc) is 3.73. The van der Waals surface area contributed by atoms with Crippen LogP contribution in [0.2, 0.25) is 10.0 Å². The molecule has 4 heterocycles. The van der Waals surface area contributed by atoms with E-state index in [1.54, 1.807) is 18.2 Å². The van der Waals surface area contributed by atoms with Crippen molar-refractivity contribution < 1.29 is 52.4 Å². The number of anilines is 1. The number of benzene rings is 2. The minimum atomic E-state index is -0.534. The van der Waals surface area contributed by atoms with Gasteiger partial charge in [0.15, 0.2) is 24.4 Å². The number of fused-ring (bicyclic) bond motifs is 2. The number of non-ortho nitro benzene ring substituents is 1. The fourth-order valence-corrected chi connectivity index (χ4v) is 5.78. The molecule has 0 amide bonds. The molecule has 0 saturated carbocycles. The molecular weight excluding hydrogens is 627 g/mol. The molecule has 4 saturated heterocycles. The van der Waals surface area contributed by atoms with E-state index >= 15 is 0 Å². The number of nitrogens with zero attached hydrogens (tertiary/aromatic N) is 1. The molecule has 0 radical (unpaired) electrons. The topological polar surface area (TPSA) is 177 Å². The van der Waals surface area contributed by atoms with Gasteiger partial charge in [0.1, 0.15) is 35.9 Å². The van der Waals surface area contributed by atoms with Gasteiger partial charge in [-0.1, -0.05) is 23.2 Å². The highest BCUT2D eigenvalue weighted by molar-refractivity contribution is 6.32. The van der Waals surface area contributed by atoms with Gasteiger partial charge < -0.3 is 43.6 Å². The van der Waals surface area contributed by atoms with Crippen molar-refractivity contribution in [1.82, 2.24) is 0 Å². The zero-order valence-electron chi connectivity index (χ0n) is 23.6. The van der Waals surface area contributed by atoms with Gasteiger partial charge in [0.25, 0.3) is 5.69 Å². The first-order chi connectivity index (χ1) is 21.0. The number of nitrogen functional groups attached to an aromatic ring is 1. The number of nitrogens with two attached hydrogens (primary N) is 1. The number of halogens is 2. The van der Waals surface area contributed by atoms with Crippen LogP contribution in [-0.2, 0) is 38.0 Å². The van der Waals surface area contributed by atoms with Crippen LogP contribution in [-0.4, -0.2) is 92.1 Å². The third kappa shape index (κ3) is 7.28. The van der Waals surface area contributed by atoms with Crippen LogP contribution in [0, 0.1) is 10.1 Å². The number of rotatable bonds is 7. The lowest BCUT2D eigenvalue weighted by molar-refractivity contribution is -0.384. The van der Waals surface area contributed by atoms with E-state index in [2.05, 4.69) is 0 Å². The molecule has 238 valence electrons. The second-order valence-electron chi connectivity index (χ2n) is 10.4. The lowest BCUT2D eigenvalue weighted by atomic mass is 10.1. The monoisotopic (exact) mass is 656 g/mol. The number of ether oxygens (including phenoxy) is 8. The van der Waals surface area contributed by atoms with E-state index in [-0.39, 0.29) is 66.5 Å². The number of hydrogen-bond donors (Lipinski definition) is 1. The summed E-state index contributed by atoms with van der Waals surface area (Å²) in [5, 5.41) is 11.3. The maximum Gasteiger partial charge on any atom is 0.303 e. The van der Waals surface area contributed by atoms with E-state index in [1.165, 1.54) is 32.0 Å². The number of esters is 2. The molecule has 4 aliphatic rings. The Balaban J connectivity index is 0.000000175. The lowest BCUT2D eigenvalue weighted by Crippen LogP contribution is -2.36. The maximum atomic E-state index is 11.1. The van der Waals surface area contributed by atoms with E-state index in [0.717, 1.165) is 0 Å². The highest BCUT2D eigenvalue weighted by Gasteiger charge is 2.51. The van der Waals surface area contributed by atoms with Gasteiger partial charge in [-0.15, -0.1) is 0 Å². The predicted octanol–water partition coefficient (Wildman–Crippen LogP) is 3.12. The highest BCUT2D eigenvalue weighted by atomic mass is 35.5. The van der Waals surface area contributed by atoms with Crippen molar-refractivity contribution in [3.8, 4) is 11.5 Å². The van der Waals surface area contributed by atoms with Crippen LogP contribution >= 0.6 is 23.2 Å². The van der Waals surface area contributed by atoms with Crippen LogP contribution < -0.4 is 15.2 Å². The standard InChI is InChI=1S/C14H14ClNO7.C14H16ClNO5/c1-7(17)22-11-5-20-14-12(6-21-13(11)14)23-10-3-2-8(16(18)19)4-9(10)15;1-7(17)20-11-5-18-14-12(6-19-13(11)14)21-10-3-2-8(16)4-9(10)15/h2-4,11-14H,5-6H2,1H3;2-4,11-14H,5-6,16H2,1H3/t2*11-,12-,13+,14+/m00/s1. The van der Waals surface area contributed by atoms with Crippen LogP contribution in [0.3, 0.4) is 0 Å². The van der Waals surface area contributed by atoms with Crippen molar-refractivity contribution in [2.24, 2.45) is 0 Å². The predicted molar refractivity (Wildman–Crippen MR) is 153 cm³/mol. The Hall–Kier alpha value is -3.40. The van der Waals surface area contributed by atoms with Crippen LogP contribution in [0.25, 0.3) is 0 Å². The Morgan fingerprint density at radius 3 is 1.57 bits per heavy atom. The summed E-state index contributed by atoms with van der Waals surface area (Å²) in [6.07, 6.45) is -2.92. The quantitative estimate of drug-likeness (QED) is 0.199. The van der Waals surface area contributed by atoms with Gasteiger partial charge in [-0.2, -0.15) is 0 Å². The third-order valence-corrected chi connectivity index (χ3v) is 7.79. The number of carbonyl (C=O) groups excluding carboxylic acids is 2. The summed E-state index contributed by atoms with van der Waals surface area (Å²) in [7, 11) is 0. The Bertz CT molecular complexity index is 1400. The number of nitro groups is 1. The molecule has 2 aromatic rings. The molecule has 0 spiro atoms. The zero-order chi connectivity index (χ0) is 31.5. The van der Waals surface area contributed by atoms with Crippen LogP contribution in [0.1, 0.15) is 13.8 Å². The molecule has 0 aliphatic carbocycles. The Kier molecular flexibility index (Phi) is 9.97. The van der Waals surface area contributed by atoms with Crippen molar-refractivity contribution in [3.63, 3.8) is 0 Å². The second-order valence-corrected chi connectivity index (χ2v) is 11.2. The fraction of sp³-hybridized carbons (Fsp3) is 0.500. The normalized spacial score (nSPS) is 30.0. The zero-order valence-corrected chi connectivity index (χ0v) is 25.1. The van der Waals surface area contributed by atoms with Crippen molar-refractivity contribution in [1.29, 1.82) is 0 Å². The average molecular weight is 657 g/mol. The summed E-state index contributed by atoms with van der Waals surface area (Å²) in [5.74, 6) is 0.0927. The van der Waals surface area contributed by atoms with E-state index in [9.17, 15) is 19.7 Å². The summed E-state index contributed by atoms with van der Waals surface area (Å²) >= 11 is 12.1. The number of hydrogen-bond acceptors (Lipinski definition) is 13. The summed E-state index contributed by atoms with van der Waals surface area (Å²) in [6.45, 7) is 3.85. The van der Waals surface area contributed by atoms with E-state index < -0.39 is 23.1 Å². The number of nitro benzene ring substituents is 1. The molecule has 4 fully saturated rings. The van der Waals surface area contributed by atoms with Crippen molar-refractivity contribution in [3.05, 3.63) is 56.6 Å². The van der Waals surface area contributed by atoms with Crippen molar-refractivity contribution in [2.45, 2.75) is 62.7 Å². The summed E-state index contributed by atoms with van der Waals surface area (Å²) < 4.78 is 44.4. The highest BCUT2D eigenvalue weighted by Crippen LogP contribution is 2.36. The number of carbonyl (C=O) groups is 2. The molecule has 2 N–H and O–H groups in total. The van der Waals surface area contributed by atoms with Gasteiger partial charge in [-0.25, -0.2) is 0 Å². The molecule has 2 aromatic carbocycles. The molecule has 6 rings (SSSR count). The van der Waals surface area contributed by atoms with Gasteiger partial charge in [-0.05, 0) is 24.3 Å².